The number of hydrogen-bond acceptors (Lipinski definition) is 6. The van der Waals surface area contributed by atoms with Crippen LogP contribution in [0.4, 0.5) is 0 Å². The van der Waals surface area contributed by atoms with Crippen molar-refractivity contribution in [2.45, 2.75) is 51.4 Å². The second kappa shape index (κ2) is 7.11. The van der Waals surface area contributed by atoms with Gasteiger partial charge in [0.05, 0.1) is 27.1 Å². The van der Waals surface area contributed by atoms with Gasteiger partial charge in [-0.15, -0.1) is 0 Å². The highest BCUT2D eigenvalue weighted by molar-refractivity contribution is 5.73. The van der Waals surface area contributed by atoms with Crippen LogP contribution in [0.5, 0.6) is 11.5 Å². The van der Waals surface area contributed by atoms with Gasteiger partial charge in [-0.25, -0.2) is 0 Å². The Labute approximate surface area is 142 Å². The molecule has 0 fully saturated rings. The van der Waals surface area contributed by atoms with E-state index in [1.165, 1.54) is 26.4 Å². The maximum atomic E-state index is 11.6. The van der Waals surface area contributed by atoms with E-state index in [4.69, 9.17) is 0 Å². The van der Waals surface area contributed by atoms with Crippen LogP contribution in [0.15, 0.2) is 12.1 Å². The minimum Gasteiger partial charge on any atom is -0.508 e. The third-order valence-corrected chi connectivity index (χ3v) is 4.20. The fourth-order valence-electron chi connectivity index (χ4n) is 2.72. The zero-order valence-corrected chi connectivity index (χ0v) is 15.1. The molecule has 6 nitrogen and oxygen atoms in total. The lowest BCUT2D eigenvalue weighted by molar-refractivity contribution is -0.142. The summed E-state index contributed by atoms with van der Waals surface area (Å²) in [6.45, 7) is 7.10. The van der Waals surface area contributed by atoms with Gasteiger partial charge in [0.1, 0.15) is 11.5 Å². The molecule has 0 aliphatic heterocycles. The summed E-state index contributed by atoms with van der Waals surface area (Å²) in [5.41, 5.74) is -0.578. The molecule has 0 radical (unpaired) electrons. The zero-order chi connectivity index (χ0) is 18.7. The summed E-state index contributed by atoms with van der Waals surface area (Å²) in [6, 6.07) is 2.87. The van der Waals surface area contributed by atoms with Gasteiger partial charge in [0.2, 0.25) is 0 Å². The number of esters is 2. The summed E-state index contributed by atoms with van der Waals surface area (Å²) in [5, 5.41) is 20.8. The molecule has 0 unspecified atom stereocenters. The Morgan fingerprint density at radius 2 is 1.12 bits per heavy atom. The molecule has 1 rings (SSSR count). The van der Waals surface area contributed by atoms with E-state index in [1.807, 2.05) is 0 Å². The normalized spacial score (nSPS) is 11.9. The van der Waals surface area contributed by atoms with Crippen LogP contribution in [0.3, 0.4) is 0 Å². The second-order valence-corrected chi connectivity index (χ2v) is 7.16. The first-order valence-corrected chi connectivity index (χ1v) is 7.65. The number of carbonyl (C=O) groups is 2. The Hall–Kier alpha value is -2.24. The molecular weight excluding hydrogens is 312 g/mol. The third kappa shape index (κ3) is 4.40. The number of aromatic hydroxyl groups is 2. The molecule has 2 N–H and O–H groups in total. The average Bonchev–Trinajstić information content (AvgIpc) is 2.47. The van der Waals surface area contributed by atoms with Crippen molar-refractivity contribution in [1.82, 2.24) is 0 Å². The van der Waals surface area contributed by atoms with E-state index in [0.29, 0.717) is 11.1 Å². The molecule has 6 heteroatoms. The van der Waals surface area contributed by atoms with Crippen molar-refractivity contribution in [3.63, 3.8) is 0 Å². The molecule has 0 saturated heterocycles. The second-order valence-electron chi connectivity index (χ2n) is 7.16. The highest BCUT2D eigenvalue weighted by atomic mass is 16.5. The first-order chi connectivity index (χ1) is 10.9. The fourth-order valence-corrected chi connectivity index (χ4v) is 2.72. The third-order valence-electron chi connectivity index (χ3n) is 4.20. The minimum absolute atomic E-state index is 0.0466. The van der Waals surface area contributed by atoms with Crippen molar-refractivity contribution in [1.29, 1.82) is 0 Å². The maximum Gasteiger partial charge on any atom is 0.306 e. The van der Waals surface area contributed by atoms with Crippen molar-refractivity contribution >= 4 is 11.9 Å². The molecule has 24 heavy (non-hydrogen) atoms. The van der Waals surface area contributed by atoms with Gasteiger partial charge in [-0.2, -0.15) is 0 Å². The SMILES string of the molecule is COC(=O)CC(C)(C)c1cc(O)c(C(C)(C)CC(=O)OC)cc1O. The van der Waals surface area contributed by atoms with Gasteiger partial charge < -0.3 is 19.7 Å². The fraction of sp³-hybridized carbons (Fsp3) is 0.556. The van der Waals surface area contributed by atoms with Crippen LogP contribution < -0.4 is 0 Å². The van der Waals surface area contributed by atoms with Gasteiger partial charge in [-0.3, -0.25) is 9.59 Å². The highest BCUT2D eigenvalue weighted by Gasteiger charge is 2.33. The number of methoxy groups -OCH3 is 2. The monoisotopic (exact) mass is 338 g/mol. The molecule has 0 spiro atoms. The molecule has 134 valence electrons. The molecule has 0 aliphatic carbocycles. The molecule has 0 atom stereocenters. The van der Waals surface area contributed by atoms with Gasteiger partial charge in [0.15, 0.2) is 0 Å². The zero-order valence-electron chi connectivity index (χ0n) is 15.1. The Morgan fingerprint density at radius 1 is 0.833 bits per heavy atom. The average molecular weight is 338 g/mol. The van der Waals surface area contributed by atoms with Crippen LogP contribution in [0, 0.1) is 0 Å². The van der Waals surface area contributed by atoms with Crippen molar-refractivity contribution < 1.29 is 29.3 Å². The van der Waals surface area contributed by atoms with Crippen LogP contribution in [-0.2, 0) is 29.9 Å². The first kappa shape index (κ1) is 19.8. The lowest BCUT2D eigenvalue weighted by Crippen LogP contribution is -2.25. The number of phenolic OH excluding ortho intramolecular Hbond substituents is 2. The Morgan fingerprint density at radius 3 is 1.38 bits per heavy atom. The van der Waals surface area contributed by atoms with E-state index in [0.717, 1.165) is 0 Å². The molecule has 0 saturated carbocycles. The molecule has 1 aromatic carbocycles. The van der Waals surface area contributed by atoms with Crippen LogP contribution >= 0.6 is 0 Å². The van der Waals surface area contributed by atoms with Crippen molar-refractivity contribution in [2.75, 3.05) is 14.2 Å². The molecule has 0 aromatic heterocycles. The highest BCUT2D eigenvalue weighted by Crippen LogP contribution is 2.42. The van der Waals surface area contributed by atoms with E-state index >= 15 is 0 Å². The van der Waals surface area contributed by atoms with Gasteiger partial charge in [0.25, 0.3) is 0 Å². The van der Waals surface area contributed by atoms with Crippen LogP contribution in [0.1, 0.15) is 51.7 Å². The quantitative estimate of drug-likeness (QED) is 0.612. The summed E-state index contributed by atoms with van der Waals surface area (Å²) < 4.78 is 9.35. The number of hydrogen-bond donors (Lipinski definition) is 2. The van der Waals surface area contributed by atoms with E-state index in [1.54, 1.807) is 27.7 Å². The van der Waals surface area contributed by atoms with Gasteiger partial charge >= 0.3 is 11.9 Å². The van der Waals surface area contributed by atoms with Gasteiger partial charge in [0, 0.05) is 22.0 Å². The molecule has 1 aromatic rings. The molecule has 0 aliphatic rings. The van der Waals surface area contributed by atoms with E-state index in [-0.39, 0.29) is 24.3 Å². The molecular formula is C18H26O6. The molecule has 0 heterocycles. The lowest BCUT2D eigenvalue weighted by Gasteiger charge is -2.29. The van der Waals surface area contributed by atoms with E-state index in [2.05, 4.69) is 9.47 Å². The standard InChI is InChI=1S/C18H26O6/c1-17(2,9-15(21)23-5)11-7-14(20)12(8-13(11)19)18(3,4)10-16(22)24-6/h7-8,19-20H,9-10H2,1-6H3. The summed E-state index contributed by atoms with van der Waals surface area (Å²) in [7, 11) is 2.60. The number of benzene rings is 1. The first-order valence-electron chi connectivity index (χ1n) is 7.65. The predicted octanol–water partition coefficient (Wildman–Crippen LogP) is 2.78. The van der Waals surface area contributed by atoms with E-state index in [9.17, 15) is 19.8 Å². The predicted molar refractivity (Wildman–Crippen MR) is 89.1 cm³/mol. The van der Waals surface area contributed by atoms with Gasteiger partial charge in [-0.05, 0) is 12.1 Å². The van der Waals surface area contributed by atoms with Crippen molar-refractivity contribution in [3.8, 4) is 11.5 Å². The van der Waals surface area contributed by atoms with Crippen molar-refractivity contribution in [3.05, 3.63) is 23.3 Å². The van der Waals surface area contributed by atoms with Gasteiger partial charge in [-0.1, -0.05) is 27.7 Å². The number of ether oxygens (including phenoxy) is 2. The molecule has 0 amide bonds. The number of carbonyl (C=O) groups excluding carboxylic acids is 2. The van der Waals surface area contributed by atoms with Crippen molar-refractivity contribution in [2.24, 2.45) is 0 Å². The summed E-state index contributed by atoms with van der Waals surface area (Å²) in [5.74, 6) is -0.910. The smallest absolute Gasteiger partial charge is 0.306 e. The van der Waals surface area contributed by atoms with E-state index < -0.39 is 22.8 Å². The molecule has 0 bridgehead atoms. The topological polar surface area (TPSA) is 93.1 Å². The maximum absolute atomic E-state index is 11.6. The Balaban J connectivity index is 3.27. The summed E-state index contributed by atoms with van der Waals surface area (Å²) >= 11 is 0. The summed E-state index contributed by atoms with van der Waals surface area (Å²) in [6.07, 6.45) is 0.114. The van der Waals surface area contributed by atoms with Crippen LogP contribution in [0.2, 0.25) is 0 Å². The largest absolute Gasteiger partial charge is 0.508 e. The Bertz CT molecular complexity index is 575. The minimum atomic E-state index is -0.723. The Kier molecular flexibility index (Phi) is 5.87. The number of rotatable bonds is 6. The lowest BCUT2D eigenvalue weighted by atomic mass is 9.76. The number of phenols is 2. The van der Waals surface area contributed by atoms with Crippen LogP contribution in [0.25, 0.3) is 0 Å². The van der Waals surface area contributed by atoms with Crippen LogP contribution in [-0.4, -0.2) is 36.4 Å². The summed E-state index contributed by atoms with van der Waals surface area (Å²) in [4.78, 5) is 23.1.